The number of rotatable bonds is 36. The number of ether oxygens (including phenoxy) is 5. The molecule has 1 heterocycles. The molecule has 0 saturated carbocycles. The smallest absolute Gasteiger partial charge is 0.461 e. The maximum atomic E-state index is 13.0. The summed E-state index contributed by atoms with van der Waals surface area (Å²) in [5, 5.41) is 0. The van der Waals surface area contributed by atoms with Crippen molar-refractivity contribution in [3.8, 4) is 0 Å². The summed E-state index contributed by atoms with van der Waals surface area (Å²) in [6, 6.07) is 6.23. The van der Waals surface area contributed by atoms with E-state index >= 15 is 0 Å². The number of piperidine rings is 1. The Morgan fingerprint density at radius 2 is 1.24 bits per heavy atom. The van der Waals surface area contributed by atoms with Crippen molar-refractivity contribution >= 4 is 12.1 Å². The molecule has 0 bridgehead atoms. The van der Waals surface area contributed by atoms with Crippen molar-refractivity contribution in [3.63, 3.8) is 0 Å². The molecule has 1 aliphatic heterocycles. The molecule has 0 aliphatic carbocycles. The number of aryl methyl sites for hydroxylation is 1. The molecule has 1 aliphatic rings. The lowest BCUT2D eigenvalue weighted by molar-refractivity contribution is -0.160. The predicted octanol–water partition coefficient (Wildman–Crippen LogP) is 13.4. The van der Waals surface area contributed by atoms with Gasteiger partial charge in [-0.3, -0.25) is 4.79 Å². The fourth-order valence-corrected chi connectivity index (χ4v) is 7.50. The summed E-state index contributed by atoms with van der Waals surface area (Å²) in [7, 11) is 0. The molecule has 8 nitrogen and oxygen atoms in total. The van der Waals surface area contributed by atoms with Crippen LogP contribution in [0.5, 0.6) is 0 Å². The van der Waals surface area contributed by atoms with Gasteiger partial charge >= 0.3 is 12.1 Å². The third-order valence-electron chi connectivity index (χ3n) is 11.0. The van der Waals surface area contributed by atoms with Gasteiger partial charge in [0.2, 0.25) is 0 Å². The lowest BCUT2D eigenvalue weighted by Crippen LogP contribution is -2.37. The number of benzene rings is 1. The Morgan fingerprint density at radius 1 is 0.672 bits per heavy atom. The summed E-state index contributed by atoms with van der Waals surface area (Å²) >= 11 is 0. The summed E-state index contributed by atoms with van der Waals surface area (Å²) < 4.78 is 29.2. The maximum Gasteiger partial charge on any atom is 0.508 e. The van der Waals surface area contributed by atoms with E-state index in [1.165, 1.54) is 69.8 Å². The molecule has 1 fully saturated rings. The van der Waals surface area contributed by atoms with E-state index in [2.05, 4.69) is 69.0 Å². The van der Waals surface area contributed by atoms with E-state index in [0.717, 1.165) is 108 Å². The van der Waals surface area contributed by atoms with Gasteiger partial charge in [0.25, 0.3) is 0 Å². The lowest BCUT2D eigenvalue weighted by Gasteiger charge is -2.31. The molecule has 0 amide bonds. The number of hydrogen-bond donors (Lipinski definition) is 0. The fourth-order valence-electron chi connectivity index (χ4n) is 7.50. The van der Waals surface area contributed by atoms with Gasteiger partial charge in [-0.2, -0.15) is 0 Å². The zero-order chi connectivity index (χ0) is 41.7. The second kappa shape index (κ2) is 36.2. The average molecular weight is 812 g/mol. The van der Waals surface area contributed by atoms with Crippen LogP contribution in [0.2, 0.25) is 0 Å². The summed E-state index contributed by atoms with van der Waals surface area (Å²) in [6.45, 7) is 13.7. The van der Waals surface area contributed by atoms with Crippen molar-refractivity contribution in [2.75, 3.05) is 39.5 Å². The van der Waals surface area contributed by atoms with Gasteiger partial charge in [0.15, 0.2) is 6.29 Å². The van der Waals surface area contributed by atoms with E-state index in [9.17, 15) is 9.59 Å². The van der Waals surface area contributed by atoms with Gasteiger partial charge < -0.3 is 28.6 Å². The second-order valence-corrected chi connectivity index (χ2v) is 16.3. The monoisotopic (exact) mass is 812 g/mol. The highest BCUT2D eigenvalue weighted by Gasteiger charge is 2.21. The highest BCUT2D eigenvalue weighted by Crippen LogP contribution is 2.20. The summed E-state index contributed by atoms with van der Waals surface area (Å²) in [6.07, 6.45) is 34.2. The minimum absolute atomic E-state index is 0.123. The Hall–Kier alpha value is -2.68. The second-order valence-electron chi connectivity index (χ2n) is 16.3. The fraction of sp³-hybridized carbons (Fsp3) is 0.760. The number of esters is 1. The number of unbranched alkanes of at least 4 members (excludes halogenated alkanes) is 14. The summed E-state index contributed by atoms with van der Waals surface area (Å²) in [5.74, 6) is 0.0779. The van der Waals surface area contributed by atoms with Crippen LogP contribution in [0, 0.1) is 5.92 Å². The van der Waals surface area contributed by atoms with Crippen molar-refractivity contribution in [2.24, 2.45) is 5.92 Å². The molecule has 0 radical (unpaired) electrons. The van der Waals surface area contributed by atoms with Crippen LogP contribution in [0.3, 0.4) is 0 Å². The number of allylic oxidation sites excluding steroid dienone is 4. The first-order chi connectivity index (χ1) is 28.5. The first kappa shape index (κ1) is 51.5. The molecule has 0 spiro atoms. The molecule has 1 aromatic carbocycles. The molecule has 1 unspecified atom stereocenters. The van der Waals surface area contributed by atoms with Crippen molar-refractivity contribution in [1.29, 1.82) is 0 Å². The highest BCUT2D eigenvalue weighted by molar-refractivity contribution is 5.69. The Bertz CT molecular complexity index is 1190. The minimum Gasteiger partial charge on any atom is -0.461 e. The Kier molecular flexibility index (Phi) is 32.1. The zero-order valence-corrected chi connectivity index (χ0v) is 37.6. The van der Waals surface area contributed by atoms with Crippen LogP contribution in [0.4, 0.5) is 4.79 Å². The molecule has 332 valence electrons. The van der Waals surface area contributed by atoms with Crippen molar-refractivity contribution in [1.82, 2.24) is 4.90 Å². The summed E-state index contributed by atoms with van der Waals surface area (Å²) in [4.78, 5) is 28.1. The van der Waals surface area contributed by atoms with Gasteiger partial charge in [-0.1, -0.05) is 128 Å². The van der Waals surface area contributed by atoms with Gasteiger partial charge in [0, 0.05) is 32.1 Å². The van der Waals surface area contributed by atoms with E-state index in [1.807, 2.05) is 6.07 Å². The first-order valence-corrected chi connectivity index (χ1v) is 23.8. The first-order valence-electron chi connectivity index (χ1n) is 23.8. The molecule has 1 aromatic rings. The average Bonchev–Trinajstić information content (AvgIpc) is 3.24. The molecular weight excluding hydrogens is 727 g/mol. The van der Waals surface area contributed by atoms with Crippen LogP contribution in [0.25, 0.3) is 0 Å². The van der Waals surface area contributed by atoms with E-state index in [1.54, 1.807) is 0 Å². The van der Waals surface area contributed by atoms with E-state index < -0.39 is 12.4 Å². The predicted molar refractivity (Wildman–Crippen MR) is 239 cm³/mol. The highest BCUT2D eigenvalue weighted by atomic mass is 16.7. The topological polar surface area (TPSA) is 83.5 Å². The standard InChI is InChI=1S/C50H85NO7/c1-5-9-12-15-18-19-20-21-22-23-26-30-44-37-46(39-47(38-44)43-58-50(53)57-41-45-31-29-34-51(8-4)40-45)42-56-48(52)32-33-49(54-35-27-24-16-13-10-6-2)55-36-28-25-17-14-11-7-3/h10-11,13-14,37-39,45,49H,5-9,12,15-36,40-43H2,1-4H3/b13-10-,14-11-. The Morgan fingerprint density at radius 3 is 1.83 bits per heavy atom. The van der Waals surface area contributed by atoms with Crippen molar-refractivity contribution in [2.45, 2.75) is 201 Å². The van der Waals surface area contributed by atoms with E-state index in [4.69, 9.17) is 23.7 Å². The van der Waals surface area contributed by atoms with Crippen LogP contribution < -0.4 is 0 Å². The molecule has 0 N–H and O–H groups in total. The van der Waals surface area contributed by atoms with Crippen molar-refractivity contribution < 1.29 is 33.3 Å². The quantitative estimate of drug-likeness (QED) is 0.0287. The number of carbonyl (C=O) groups excluding carboxylic acids is 2. The molecule has 1 atom stereocenters. The van der Waals surface area contributed by atoms with Gasteiger partial charge in [0.1, 0.15) is 13.2 Å². The normalized spacial score (nSPS) is 14.9. The number of carbonyl (C=O) groups is 2. The molecule has 1 saturated heterocycles. The van der Waals surface area contributed by atoms with Crippen LogP contribution in [-0.2, 0) is 48.1 Å². The Labute approximate surface area is 355 Å². The van der Waals surface area contributed by atoms with Gasteiger partial charge in [-0.15, -0.1) is 0 Å². The van der Waals surface area contributed by atoms with E-state index in [0.29, 0.717) is 32.2 Å². The zero-order valence-electron chi connectivity index (χ0n) is 37.6. The molecule has 2 rings (SSSR count). The van der Waals surface area contributed by atoms with Crippen molar-refractivity contribution in [3.05, 3.63) is 59.2 Å². The SMILES string of the molecule is CC/C=C\CCCCOC(CCC(=O)OCc1cc(CCCCCCCCCCCCC)cc(COC(=O)OCC2CCCN(CC)C2)c1)OCCCC/C=C\CC. The molecule has 58 heavy (non-hydrogen) atoms. The van der Waals surface area contributed by atoms with Gasteiger partial charge in [-0.05, 0) is 113 Å². The third kappa shape index (κ3) is 27.9. The minimum atomic E-state index is -0.627. The van der Waals surface area contributed by atoms with Gasteiger partial charge in [0.05, 0.1) is 13.0 Å². The third-order valence-corrected chi connectivity index (χ3v) is 11.0. The number of likely N-dealkylation sites (tertiary alicyclic amines) is 1. The van der Waals surface area contributed by atoms with Crippen LogP contribution in [-0.4, -0.2) is 62.8 Å². The van der Waals surface area contributed by atoms with Crippen LogP contribution >= 0.6 is 0 Å². The largest absolute Gasteiger partial charge is 0.508 e. The number of hydrogen-bond acceptors (Lipinski definition) is 8. The molecule has 0 aromatic heterocycles. The number of nitrogens with zero attached hydrogens (tertiary/aromatic N) is 1. The Balaban J connectivity index is 1.91. The summed E-state index contributed by atoms with van der Waals surface area (Å²) in [5.41, 5.74) is 2.97. The van der Waals surface area contributed by atoms with Crippen LogP contribution in [0.15, 0.2) is 42.5 Å². The molecular formula is C50H85NO7. The molecule has 8 heteroatoms. The van der Waals surface area contributed by atoms with Crippen LogP contribution in [0.1, 0.15) is 192 Å². The maximum absolute atomic E-state index is 13.0. The van der Waals surface area contributed by atoms with E-state index in [-0.39, 0.29) is 25.6 Å². The lowest BCUT2D eigenvalue weighted by atomic mass is 9.99. The van der Waals surface area contributed by atoms with Gasteiger partial charge in [-0.25, -0.2) is 4.79 Å².